The van der Waals surface area contributed by atoms with Gasteiger partial charge >= 0.3 is 0 Å². The molecule has 4 saturated carbocycles. The van der Waals surface area contributed by atoms with Crippen LogP contribution in [0, 0.1) is 34.5 Å². The van der Waals surface area contributed by atoms with Crippen LogP contribution >= 0.6 is 0 Å². The van der Waals surface area contributed by atoms with Crippen LogP contribution in [0.25, 0.3) is 0 Å². The van der Waals surface area contributed by atoms with Crippen LogP contribution in [0.4, 0.5) is 0 Å². The normalized spacial score (nSPS) is 56.5. The first-order chi connectivity index (χ1) is 9.95. The molecule has 0 spiro atoms. The highest BCUT2D eigenvalue weighted by Gasteiger charge is 2.59. The lowest BCUT2D eigenvalue weighted by Crippen LogP contribution is -2.54. The van der Waals surface area contributed by atoms with Gasteiger partial charge in [0, 0.05) is 17.9 Å². The molecule has 2 heteroatoms. The molecule has 7 atom stereocenters. The minimum Gasteiger partial charge on any atom is -0.328 e. The smallest absolute Gasteiger partial charge is 0.139 e. The van der Waals surface area contributed by atoms with Gasteiger partial charge < -0.3 is 5.73 Å². The quantitative estimate of drug-likeness (QED) is 0.734. The highest BCUT2D eigenvalue weighted by Crippen LogP contribution is 2.65. The molecule has 4 aliphatic carbocycles. The van der Waals surface area contributed by atoms with E-state index in [4.69, 9.17) is 5.73 Å². The molecule has 0 aromatic rings. The van der Waals surface area contributed by atoms with Crippen molar-refractivity contribution >= 4 is 5.78 Å². The number of carbonyl (C=O) groups excluding carboxylic acids is 1. The van der Waals surface area contributed by atoms with Crippen LogP contribution in [0.5, 0.6) is 0 Å². The summed E-state index contributed by atoms with van der Waals surface area (Å²) in [6.45, 7) is 4.86. The third-order valence-corrected chi connectivity index (χ3v) is 8.42. The fourth-order valence-electron chi connectivity index (χ4n) is 7.06. The van der Waals surface area contributed by atoms with Crippen LogP contribution in [0.1, 0.15) is 71.6 Å². The largest absolute Gasteiger partial charge is 0.328 e. The Kier molecular flexibility index (Phi) is 3.10. The highest BCUT2D eigenvalue weighted by atomic mass is 16.1. The molecule has 0 amide bonds. The molecule has 4 fully saturated rings. The van der Waals surface area contributed by atoms with Crippen molar-refractivity contribution in [2.75, 3.05) is 0 Å². The van der Waals surface area contributed by atoms with Crippen LogP contribution < -0.4 is 5.73 Å². The second-order valence-electron chi connectivity index (χ2n) is 9.11. The van der Waals surface area contributed by atoms with Gasteiger partial charge in [-0.3, -0.25) is 4.79 Å². The van der Waals surface area contributed by atoms with E-state index in [1.54, 1.807) is 0 Å². The van der Waals surface area contributed by atoms with Gasteiger partial charge in [-0.2, -0.15) is 0 Å². The van der Waals surface area contributed by atoms with Gasteiger partial charge in [0.2, 0.25) is 0 Å². The summed E-state index contributed by atoms with van der Waals surface area (Å²) in [7, 11) is 0. The summed E-state index contributed by atoms with van der Waals surface area (Å²) >= 11 is 0. The van der Waals surface area contributed by atoms with Crippen molar-refractivity contribution in [3.63, 3.8) is 0 Å². The van der Waals surface area contributed by atoms with Gasteiger partial charge in [0.15, 0.2) is 0 Å². The molecule has 4 aliphatic rings. The zero-order chi connectivity index (χ0) is 14.8. The summed E-state index contributed by atoms with van der Waals surface area (Å²) < 4.78 is 0. The predicted molar refractivity (Wildman–Crippen MR) is 84.7 cm³/mol. The molecule has 2 N–H and O–H groups in total. The van der Waals surface area contributed by atoms with Gasteiger partial charge in [-0.15, -0.1) is 0 Å². The number of Topliss-reactive ketones (excluding diaryl/α,β-unsaturated/α-hetero) is 1. The first kappa shape index (κ1) is 14.2. The zero-order valence-corrected chi connectivity index (χ0v) is 13.7. The van der Waals surface area contributed by atoms with E-state index in [1.807, 2.05) is 0 Å². The van der Waals surface area contributed by atoms with E-state index in [0.717, 1.165) is 30.6 Å². The van der Waals surface area contributed by atoms with Gasteiger partial charge in [-0.1, -0.05) is 13.8 Å². The Morgan fingerprint density at radius 3 is 2.62 bits per heavy atom. The third-order valence-electron chi connectivity index (χ3n) is 8.42. The number of carbonyl (C=O) groups is 1. The topological polar surface area (TPSA) is 43.1 Å². The van der Waals surface area contributed by atoms with Crippen LogP contribution in [-0.2, 0) is 4.79 Å². The zero-order valence-electron chi connectivity index (χ0n) is 13.7. The lowest BCUT2D eigenvalue weighted by Gasteiger charge is -2.60. The molecule has 0 heterocycles. The van der Waals surface area contributed by atoms with E-state index >= 15 is 0 Å². The number of hydrogen-bond donors (Lipinski definition) is 1. The Hall–Kier alpha value is -0.370. The molecule has 0 aliphatic heterocycles. The van der Waals surface area contributed by atoms with E-state index in [2.05, 4.69) is 13.8 Å². The molecule has 0 saturated heterocycles. The van der Waals surface area contributed by atoms with Crippen molar-refractivity contribution in [2.24, 2.45) is 40.2 Å². The maximum absolute atomic E-state index is 12.4. The number of nitrogens with two attached hydrogens (primary N) is 1. The molecule has 21 heavy (non-hydrogen) atoms. The molecule has 0 aromatic heterocycles. The number of hydrogen-bond acceptors (Lipinski definition) is 2. The maximum atomic E-state index is 12.4. The molecule has 2 nitrogen and oxygen atoms in total. The van der Waals surface area contributed by atoms with Gasteiger partial charge in [-0.05, 0) is 80.5 Å². The molecule has 118 valence electrons. The summed E-state index contributed by atoms with van der Waals surface area (Å²) in [5.74, 6) is 3.81. The van der Waals surface area contributed by atoms with E-state index in [9.17, 15) is 4.79 Å². The van der Waals surface area contributed by atoms with Crippen molar-refractivity contribution in [3.8, 4) is 0 Å². The average molecular weight is 289 g/mol. The van der Waals surface area contributed by atoms with Crippen LogP contribution in [-0.4, -0.2) is 11.8 Å². The number of ketones is 1. The lowest BCUT2D eigenvalue weighted by molar-refractivity contribution is -0.139. The van der Waals surface area contributed by atoms with Crippen molar-refractivity contribution in [1.82, 2.24) is 0 Å². The van der Waals surface area contributed by atoms with E-state index in [0.29, 0.717) is 23.2 Å². The Morgan fingerprint density at radius 1 is 1.00 bits per heavy atom. The minimum atomic E-state index is 0.0371. The first-order valence-corrected chi connectivity index (χ1v) is 9.24. The third kappa shape index (κ3) is 1.84. The number of fused-ring (bicyclic) bond motifs is 5. The summed E-state index contributed by atoms with van der Waals surface area (Å²) in [4.78, 5) is 12.4. The molecule has 0 aromatic carbocycles. The molecule has 1 unspecified atom stereocenters. The second kappa shape index (κ2) is 4.57. The van der Waals surface area contributed by atoms with E-state index < -0.39 is 0 Å². The van der Waals surface area contributed by atoms with Gasteiger partial charge in [-0.25, -0.2) is 0 Å². The summed E-state index contributed by atoms with van der Waals surface area (Å²) in [6, 6.07) is 0.446. The second-order valence-corrected chi connectivity index (χ2v) is 9.11. The van der Waals surface area contributed by atoms with Gasteiger partial charge in [0.25, 0.3) is 0 Å². The minimum absolute atomic E-state index is 0.0371. The fourth-order valence-corrected chi connectivity index (χ4v) is 7.06. The summed E-state index contributed by atoms with van der Waals surface area (Å²) in [6.07, 6.45) is 11.0. The van der Waals surface area contributed by atoms with Gasteiger partial charge in [0.1, 0.15) is 5.78 Å². The van der Waals surface area contributed by atoms with Gasteiger partial charge in [0.05, 0.1) is 0 Å². The Balaban J connectivity index is 1.64. The summed E-state index contributed by atoms with van der Waals surface area (Å²) in [5, 5.41) is 0. The molecule has 4 rings (SSSR count). The molecule has 0 bridgehead atoms. The van der Waals surface area contributed by atoms with Crippen molar-refractivity contribution < 1.29 is 4.79 Å². The average Bonchev–Trinajstić information content (AvgIpc) is 2.76. The standard InChI is InChI=1S/C19H31NO/c1-18-9-7-13(20)11-12(18)3-4-14-15-5-6-17(21)19(15,2)10-8-16(14)18/h12-16H,3-11,20H2,1-2H3/t12-,13?,14-,15-,16-,18-,19-/m0/s1. The van der Waals surface area contributed by atoms with E-state index in [-0.39, 0.29) is 5.41 Å². The fraction of sp³-hybridized carbons (Fsp3) is 0.947. The molecule has 0 radical (unpaired) electrons. The summed E-state index contributed by atoms with van der Waals surface area (Å²) in [5.41, 5.74) is 6.81. The Bertz CT molecular complexity index is 460. The monoisotopic (exact) mass is 289 g/mol. The van der Waals surface area contributed by atoms with Crippen molar-refractivity contribution in [2.45, 2.75) is 77.7 Å². The van der Waals surface area contributed by atoms with Crippen LogP contribution in [0.2, 0.25) is 0 Å². The number of rotatable bonds is 0. The highest BCUT2D eigenvalue weighted by molar-refractivity contribution is 5.87. The van der Waals surface area contributed by atoms with Crippen molar-refractivity contribution in [1.29, 1.82) is 0 Å². The molecular formula is C19H31NO. The molecular weight excluding hydrogens is 258 g/mol. The predicted octanol–water partition coefficient (Wildman–Crippen LogP) is 3.93. The maximum Gasteiger partial charge on any atom is 0.139 e. The van der Waals surface area contributed by atoms with Crippen LogP contribution in [0.15, 0.2) is 0 Å². The first-order valence-electron chi connectivity index (χ1n) is 9.24. The lowest BCUT2D eigenvalue weighted by atomic mass is 9.45. The van der Waals surface area contributed by atoms with Crippen LogP contribution in [0.3, 0.4) is 0 Å². The van der Waals surface area contributed by atoms with Crippen molar-refractivity contribution in [3.05, 3.63) is 0 Å². The SMILES string of the molecule is C[C@]12CCC(N)C[C@@H]1CC[C@@H]1[C@@H]2CC[C@]2(C)C(=O)CC[C@@H]12. The Labute approximate surface area is 129 Å². The van der Waals surface area contributed by atoms with E-state index in [1.165, 1.54) is 44.9 Å². The Morgan fingerprint density at radius 2 is 1.81 bits per heavy atom.